The molecule has 0 aliphatic heterocycles. The molecule has 1 unspecified atom stereocenters. The van der Waals surface area contributed by atoms with Crippen LogP contribution in [-0.2, 0) is 0 Å². The van der Waals surface area contributed by atoms with Gasteiger partial charge in [-0.15, -0.1) is 0 Å². The molecule has 18 heavy (non-hydrogen) atoms. The Labute approximate surface area is 113 Å². The van der Waals surface area contributed by atoms with E-state index in [-0.39, 0.29) is 0 Å². The molecule has 6 heteroatoms. The molecule has 1 rings (SSSR count). The van der Waals surface area contributed by atoms with Gasteiger partial charge in [0.25, 0.3) is 0 Å². The summed E-state index contributed by atoms with van der Waals surface area (Å²) in [4.78, 5) is 0. The molecule has 0 radical (unpaired) electrons. The molecule has 1 aromatic carbocycles. The van der Waals surface area contributed by atoms with E-state index in [0.29, 0.717) is 17.9 Å². The van der Waals surface area contributed by atoms with Crippen molar-refractivity contribution in [2.24, 2.45) is 0 Å². The minimum atomic E-state index is -4.22. The van der Waals surface area contributed by atoms with Crippen LogP contribution in [0.1, 0.15) is 24.9 Å². The van der Waals surface area contributed by atoms with Crippen LogP contribution in [0.2, 0.25) is 0 Å². The Morgan fingerprint density at radius 3 is 2.56 bits per heavy atom. The number of alkyl halides is 3. The normalized spacial score (nSPS) is 13.4. The van der Waals surface area contributed by atoms with Gasteiger partial charge in [-0.05, 0) is 32.2 Å². The van der Waals surface area contributed by atoms with Crippen molar-refractivity contribution >= 4 is 15.9 Å². The summed E-state index contributed by atoms with van der Waals surface area (Å²) in [7, 11) is 1.51. The molecule has 1 atom stereocenters. The maximum Gasteiger partial charge on any atom is 0.390 e. The van der Waals surface area contributed by atoms with Gasteiger partial charge in [-0.2, -0.15) is 13.2 Å². The molecule has 0 heterocycles. The molecule has 0 amide bonds. The first-order chi connectivity index (χ1) is 8.37. The van der Waals surface area contributed by atoms with E-state index in [1.54, 1.807) is 25.1 Å². The summed E-state index contributed by atoms with van der Waals surface area (Å²) in [5.41, 5.74) is 0.506. The van der Waals surface area contributed by atoms with Gasteiger partial charge >= 0.3 is 6.18 Å². The lowest BCUT2D eigenvalue weighted by Gasteiger charge is -2.21. The number of hydrogen-bond acceptors (Lipinski definition) is 2. The monoisotopic (exact) mass is 325 g/mol. The lowest BCUT2D eigenvalue weighted by molar-refractivity contribution is -0.140. The number of ether oxygens (including phenoxy) is 1. The topological polar surface area (TPSA) is 21.3 Å². The van der Waals surface area contributed by atoms with Crippen molar-refractivity contribution in [1.29, 1.82) is 0 Å². The molecule has 0 bridgehead atoms. The Balaban J connectivity index is 3.06. The van der Waals surface area contributed by atoms with Crippen LogP contribution >= 0.6 is 15.9 Å². The van der Waals surface area contributed by atoms with Crippen LogP contribution in [0.25, 0.3) is 0 Å². The molecule has 0 aliphatic carbocycles. The summed E-state index contributed by atoms with van der Waals surface area (Å²) in [6, 6.07) is 4.25. The summed E-state index contributed by atoms with van der Waals surface area (Å²) >= 11 is 3.26. The van der Waals surface area contributed by atoms with E-state index in [4.69, 9.17) is 4.74 Å². The van der Waals surface area contributed by atoms with E-state index in [1.807, 2.05) is 0 Å². The Bertz CT molecular complexity index is 395. The summed E-state index contributed by atoms with van der Waals surface area (Å²) in [6.45, 7) is 2.21. The minimum Gasteiger partial charge on any atom is -0.494 e. The van der Waals surface area contributed by atoms with Gasteiger partial charge in [-0.1, -0.05) is 15.9 Å². The maximum atomic E-state index is 12.5. The fourth-order valence-electron chi connectivity index (χ4n) is 1.68. The van der Waals surface area contributed by atoms with Crippen LogP contribution in [0.4, 0.5) is 13.2 Å². The first-order valence-corrected chi connectivity index (χ1v) is 6.33. The van der Waals surface area contributed by atoms with Crippen LogP contribution in [0.15, 0.2) is 22.7 Å². The highest BCUT2D eigenvalue weighted by Gasteiger charge is 2.33. The third kappa shape index (κ3) is 4.49. The lowest BCUT2D eigenvalue weighted by Crippen LogP contribution is -2.24. The third-order valence-electron chi connectivity index (χ3n) is 2.43. The Morgan fingerprint density at radius 2 is 2.06 bits per heavy atom. The summed E-state index contributed by atoms with van der Waals surface area (Å²) < 4.78 is 43.6. The molecule has 0 aliphatic rings. The van der Waals surface area contributed by atoms with Gasteiger partial charge in [-0.3, -0.25) is 0 Å². The van der Waals surface area contributed by atoms with Crippen molar-refractivity contribution in [2.75, 3.05) is 13.7 Å². The molecular formula is C12H15BrF3NO. The molecule has 0 saturated heterocycles. The average Bonchev–Trinajstić information content (AvgIpc) is 2.27. The first-order valence-electron chi connectivity index (χ1n) is 5.53. The van der Waals surface area contributed by atoms with Gasteiger partial charge in [0.1, 0.15) is 5.75 Å². The summed E-state index contributed by atoms with van der Waals surface area (Å²) in [5, 5.41) is 2.68. The first kappa shape index (κ1) is 15.3. The molecule has 0 spiro atoms. The van der Waals surface area contributed by atoms with E-state index in [2.05, 4.69) is 21.2 Å². The summed E-state index contributed by atoms with van der Waals surface area (Å²) in [6.07, 6.45) is -5.15. The minimum absolute atomic E-state index is 0.414. The highest BCUT2D eigenvalue weighted by molar-refractivity contribution is 9.10. The van der Waals surface area contributed by atoms with Crippen molar-refractivity contribution in [3.05, 3.63) is 28.2 Å². The molecule has 2 nitrogen and oxygen atoms in total. The number of rotatable bonds is 5. The summed E-state index contributed by atoms with van der Waals surface area (Å²) in [5.74, 6) is 0.476. The predicted molar refractivity (Wildman–Crippen MR) is 67.8 cm³/mol. The van der Waals surface area contributed by atoms with Crippen molar-refractivity contribution in [1.82, 2.24) is 5.32 Å². The fraction of sp³-hybridized carbons (Fsp3) is 0.500. The SMILES string of the molecule is CCOc1ccc(Br)cc1C(CC(F)(F)F)NC. The number of nitrogens with one attached hydrogen (secondary N) is 1. The number of halogens is 4. The van der Waals surface area contributed by atoms with Gasteiger partial charge in [0.15, 0.2) is 0 Å². The molecule has 0 fully saturated rings. The van der Waals surface area contributed by atoms with Crippen LogP contribution < -0.4 is 10.1 Å². The molecule has 1 N–H and O–H groups in total. The van der Waals surface area contributed by atoms with Crippen molar-refractivity contribution in [3.8, 4) is 5.75 Å². The molecular weight excluding hydrogens is 311 g/mol. The van der Waals surface area contributed by atoms with Gasteiger partial charge < -0.3 is 10.1 Å². The Morgan fingerprint density at radius 1 is 1.39 bits per heavy atom. The quantitative estimate of drug-likeness (QED) is 0.881. The van der Waals surface area contributed by atoms with Gasteiger partial charge in [0.05, 0.1) is 13.0 Å². The van der Waals surface area contributed by atoms with Crippen LogP contribution in [0.3, 0.4) is 0 Å². The van der Waals surface area contributed by atoms with Gasteiger partial charge in [0.2, 0.25) is 0 Å². The smallest absolute Gasteiger partial charge is 0.390 e. The highest BCUT2D eigenvalue weighted by atomic mass is 79.9. The second-order valence-electron chi connectivity index (χ2n) is 3.78. The maximum absolute atomic E-state index is 12.5. The van der Waals surface area contributed by atoms with E-state index in [0.717, 1.165) is 4.47 Å². The van der Waals surface area contributed by atoms with E-state index in [1.165, 1.54) is 7.05 Å². The number of hydrogen-bond donors (Lipinski definition) is 1. The van der Waals surface area contributed by atoms with Crippen molar-refractivity contribution in [2.45, 2.75) is 25.6 Å². The Hall–Kier alpha value is -0.750. The molecule has 1 aromatic rings. The van der Waals surface area contributed by atoms with Gasteiger partial charge in [0, 0.05) is 16.1 Å². The zero-order valence-corrected chi connectivity index (χ0v) is 11.7. The fourth-order valence-corrected chi connectivity index (χ4v) is 2.06. The lowest BCUT2D eigenvalue weighted by atomic mass is 10.0. The van der Waals surface area contributed by atoms with Crippen molar-refractivity contribution in [3.63, 3.8) is 0 Å². The van der Waals surface area contributed by atoms with E-state index in [9.17, 15) is 13.2 Å². The second kappa shape index (κ2) is 6.43. The van der Waals surface area contributed by atoms with Crippen molar-refractivity contribution < 1.29 is 17.9 Å². The van der Waals surface area contributed by atoms with E-state index >= 15 is 0 Å². The Kier molecular flexibility index (Phi) is 5.47. The zero-order chi connectivity index (χ0) is 13.8. The average molecular weight is 326 g/mol. The third-order valence-corrected chi connectivity index (χ3v) is 2.92. The largest absolute Gasteiger partial charge is 0.494 e. The predicted octanol–water partition coefficient (Wildman–Crippen LogP) is 4.06. The zero-order valence-electron chi connectivity index (χ0n) is 10.1. The standard InChI is InChI=1S/C12H15BrF3NO/c1-3-18-11-5-4-8(13)6-9(11)10(17-2)7-12(14,15)16/h4-6,10,17H,3,7H2,1-2H3. The molecule has 102 valence electrons. The van der Waals surface area contributed by atoms with Gasteiger partial charge in [-0.25, -0.2) is 0 Å². The molecule has 0 aromatic heterocycles. The van der Waals surface area contributed by atoms with E-state index < -0.39 is 18.6 Å². The molecule has 0 saturated carbocycles. The van der Waals surface area contributed by atoms with Crippen LogP contribution in [0.5, 0.6) is 5.75 Å². The highest BCUT2D eigenvalue weighted by Crippen LogP contribution is 2.35. The van der Waals surface area contributed by atoms with Crippen LogP contribution in [-0.4, -0.2) is 19.8 Å². The number of benzene rings is 1. The van der Waals surface area contributed by atoms with Crippen LogP contribution in [0, 0.1) is 0 Å². The second-order valence-corrected chi connectivity index (χ2v) is 4.69.